The van der Waals surface area contributed by atoms with Crippen molar-refractivity contribution in [2.24, 2.45) is 0 Å². The van der Waals surface area contributed by atoms with E-state index in [1.165, 1.54) is 24.8 Å². The van der Waals surface area contributed by atoms with Crippen LogP contribution in [0.5, 0.6) is 0 Å². The maximum Gasteiger partial charge on any atom is 0.0682 e. The lowest BCUT2D eigenvalue weighted by molar-refractivity contribution is 0.00691. The van der Waals surface area contributed by atoms with Crippen molar-refractivity contribution < 1.29 is 5.11 Å². The predicted molar refractivity (Wildman–Crippen MR) is 79.7 cm³/mol. The Kier molecular flexibility index (Phi) is 6.70. The molecule has 0 amide bonds. The Morgan fingerprint density at radius 2 is 1.72 bits per heavy atom. The Morgan fingerprint density at radius 1 is 1.06 bits per heavy atom. The zero-order valence-corrected chi connectivity index (χ0v) is 12.5. The molecule has 0 aromatic rings. The zero-order valence-electron chi connectivity index (χ0n) is 12.5. The molecular weight excluding hydrogens is 220 g/mol. The fourth-order valence-corrected chi connectivity index (χ4v) is 2.81. The molecule has 0 atom stereocenters. The molecule has 0 aliphatic heterocycles. The van der Waals surface area contributed by atoms with Gasteiger partial charge in [0.25, 0.3) is 0 Å². The van der Waals surface area contributed by atoms with Crippen molar-refractivity contribution in [1.82, 2.24) is 0 Å². The van der Waals surface area contributed by atoms with Crippen molar-refractivity contribution >= 4 is 0 Å². The number of rotatable bonds is 6. The SMILES string of the molecule is CCC(C)=C(CC)CC=CCC1(O)CCCCC1. The normalized spacial score (nSPS) is 21.1. The van der Waals surface area contributed by atoms with E-state index in [0.717, 1.165) is 38.5 Å². The molecule has 0 aromatic heterocycles. The van der Waals surface area contributed by atoms with Crippen LogP contribution in [0.4, 0.5) is 0 Å². The van der Waals surface area contributed by atoms with Gasteiger partial charge < -0.3 is 5.11 Å². The van der Waals surface area contributed by atoms with Crippen molar-refractivity contribution in [1.29, 1.82) is 0 Å². The van der Waals surface area contributed by atoms with Gasteiger partial charge in [-0.3, -0.25) is 0 Å². The first-order chi connectivity index (χ1) is 8.61. The molecule has 1 rings (SSSR count). The number of allylic oxidation sites excluding steroid dienone is 3. The summed E-state index contributed by atoms with van der Waals surface area (Å²) in [4.78, 5) is 0. The number of aliphatic hydroxyl groups is 1. The number of hydrogen-bond donors (Lipinski definition) is 1. The van der Waals surface area contributed by atoms with Crippen molar-refractivity contribution in [2.45, 2.75) is 84.2 Å². The molecule has 0 bridgehead atoms. The van der Waals surface area contributed by atoms with E-state index in [9.17, 15) is 5.11 Å². The minimum absolute atomic E-state index is 0.398. The van der Waals surface area contributed by atoms with Crippen LogP contribution in [-0.2, 0) is 0 Å². The minimum Gasteiger partial charge on any atom is -0.390 e. The quantitative estimate of drug-likeness (QED) is 0.646. The lowest BCUT2D eigenvalue weighted by Crippen LogP contribution is -2.30. The summed E-state index contributed by atoms with van der Waals surface area (Å²) in [7, 11) is 0. The molecule has 0 saturated heterocycles. The first-order valence-corrected chi connectivity index (χ1v) is 7.66. The van der Waals surface area contributed by atoms with Gasteiger partial charge in [-0.2, -0.15) is 0 Å². The molecule has 1 aliphatic carbocycles. The van der Waals surface area contributed by atoms with E-state index >= 15 is 0 Å². The Morgan fingerprint density at radius 3 is 2.28 bits per heavy atom. The molecule has 1 N–H and O–H groups in total. The van der Waals surface area contributed by atoms with Gasteiger partial charge >= 0.3 is 0 Å². The zero-order chi connectivity index (χ0) is 13.4. The first kappa shape index (κ1) is 15.5. The fourth-order valence-electron chi connectivity index (χ4n) is 2.81. The molecule has 104 valence electrons. The molecule has 0 aromatic carbocycles. The average molecular weight is 250 g/mol. The monoisotopic (exact) mass is 250 g/mol. The van der Waals surface area contributed by atoms with Crippen LogP contribution >= 0.6 is 0 Å². The Balaban J connectivity index is 2.40. The summed E-state index contributed by atoms with van der Waals surface area (Å²) in [6, 6.07) is 0. The van der Waals surface area contributed by atoms with Gasteiger partial charge in [-0.25, -0.2) is 0 Å². The second-order valence-corrected chi connectivity index (χ2v) is 5.76. The molecule has 1 heteroatoms. The average Bonchev–Trinajstić information content (AvgIpc) is 2.39. The lowest BCUT2D eigenvalue weighted by Gasteiger charge is -2.30. The van der Waals surface area contributed by atoms with Crippen LogP contribution in [0.3, 0.4) is 0 Å². The van der Waals surface area contributed by atoms with Gasteiger partial charge in [0.05, 0.1) is 5.60 Å². The highest BCUT2D eigenvalue weighted by atomic mass is 16.3. The van der Waals surface area contributed by atoms with E-state index in [1.54, 1.807) is 5.57 Å². The van der Waals surface area contributed by atoms with Crippen LogP contribution in [0, 0.1) is 0 Å². The molecule has 0 unspecified atom stereocenters. The second-order valence-electron chi connectivity index (χ2n) is 5.76. The third-order valence-electron chi connectivity index (χ3n) is 4.37. The van der Waals surface area contributed by atoms with Crippen molar-refractivity contribution in [3.8, 4) is 0 Å². The topological polar surface area (TPSA) is 20.2 Å². The van der Waals surface area contributed by atoms with E-state index in [4.69, 9.17) is 0 Å². The molecule has 18 heavy (non-hydrogen) atoms. The first-order valence-electron chi connectivity index (χ1n) is 7.66. The van der Waals surface area contributed by atoms with Gasteiger partial charge in [0.15, 0.2) is 0 Å². The summed E-state index contributed by atoms with van der Waals surface area (Å²) in [5.41, 5.74) is 2.69. The fraction of sp³-hybridized carbons (Fsp3) is 0.765. The van der Waals surface area contributed by atoms with Gasteiger partial charge in [0.1, 0.15) is 0 Å². The lowest BCUT2D eigenvalue weighted by atomic mass is 9.82. The highest BCUT2D eigenvalue weighted by Crippen LogP contribution is 2.31. The Hall–Kier alpha value is -0.560. The third-order valence-corrected chi connectivity index (χ3v) is 4.37. The third kappa shape index (κ3) is 4.97. The predicted octanol–water partition coefficient (Wildman–Crippen LogP) is 5.15. The molecule has 0 heterocycles. The molecular formula is C17H30O. The van der Waals surface area contributed by atoms with E-state index in [-0.39, 0.29) is 0 Å². The summed E-state index contributed by atoms with van der Waals surface area (Å²) < 4.78 is 0. The molecule has 1 fully saturated rings. The van der Waals surface area contributed by atoms with Crippen molar-refractivity contribution in [2.75, 3.05) is 0 Å². The van der Waals surface area contributed by atoms with Crippen LogP contribution < -0.4 is 0 Å². The molecule has 1 nitrogen and oxygen atoms in total. The van der Waals surface area contributed by atoms with Gasteiger partial charge in [-0.15, -0.1) is 0 Å². The minimum atomic E-state index is -0.398. The van der Waals surface area contributed by atoms with E-state index in [0.29, 0.717) is 0 Å². The Labute approximate surface area is 113 Å². The summed E-state index contributed by atoms with van der Waals surface area (Å²) in [6.45, 7) is 6.69. The van der Waals surface area contributed by atoms with Crippen LogP contribution in [0.2, 0.25) is 0 Å². The van der Waals surface area contributed by atoms with Crippen molar-refractivity contribution in [3.63, 3.8) is 0 Å². The highest BCUT2D eigenvalue weighted by molar-refractivity contribution is 5.15. The van der Waals surface area contributed by atoms with Crippen LogP contribution in [0.1, 0.15) is 78.6 Å². The molecule has 0 radical (unpaired) electrons. The van der Waals surface area contributed by atoms with E-state index in [2.05, 4.69) is 32.9 Å². The highest BCUT2D eigenvalue weighted by Gasteiger charge is 2.27. The molecule has 1 saturated carbocycles. The summed E-state index contributed by atoms with van der Waals surface area (Å²) >= 11 is 0. The maximum atomic E-state index is 10.4. The number of hydrogen-bond acceptors (Lipinski definition) is 1. The Bertz CT molecular complexity index is 293. The van der Waals surface area contributed by atoms with Gasteiger partial charge in [-0.1, -0.05) is 56.4 Å². The molecule has 1 aliphatic rings. The smallest absolute Gasteiger partial charge is 0.0682 e. The van der Waals surface area contributed by atoms with Crippen LogP contribution in [0.25, 0.3) is 0 Å². The summed E-state index contributed by atoms with van der Waals surface area (Å²) in [5, 5.41) is 10.4. The van der Waals surface area contributed by atoms with Crippen LogP contribution in [-0.4, -0.2) is 10.7 Å². The maximum absolute atomic E-state index is 10.4. The van der Waals surface area contributed by atoms with E-state index in [1.807, 2.05) is 0 Å². The van der Waals surface area contributed by atoms with E-state index < -0.39 is 5.60 Å². The molecule has 0 spiro atoms. The van der Waals surface area contributed by atoms with Gasteiger partial charge in [0, 0.05) is 0 Å². The summed E-state index contributed by atoms with van der Waals surface area (Å²) in [6.07, 6.45) is 14.3. The van der Waals surface area contributed by atoms with Crippen molar-refractivity contribution in [3.05, 3.63) is 23.3 Å². The van der Waals surface area contributed by atoms with Crippen LogP contribution in [0.15, 0.2) is 23.3 Å². The second kappa shape index (κ2) is 7.78. The van der Waals surface area contributed by atoms with Gasteiger partial charge in [-0.05, 0) is 45.4 Å². The van der Waals surface area contributed by atoms with Gasteiger partial charge in [0.2, 0.25) is 0 Å². The largest absolute Gasteiger partial charge is 0.390 e. The summed E-state index contributed by atoms with van der Waals surface area (Å²) in [5.74, 6) is 0. The standard InChI is InChI=1S/C17H30O/c1-4-15(3)16(5-2)11-7-10-14-17(18)12-8-6-9-13-17/h7,10,18H,4-6,8-9,11-14H2,1-3H3.